The van der Waals surface area contributed by atoms with Gasteiger partial charge in [0, 0.05) is 6.92 Å². The summed E-state index contributed by atoms with van der Waals surface area (Å²) in [7, 11) is 1.31. The van der Waals surface area contributed by atoms with E-state index in [1.807, 2.05) is 13.8 Å². The molecule has 1 atom stereocenters. The zero-order valence-electron chi connectivity index (χ0n) is 11.4. The smallest absolute Gasteiger partial charge is 0.323 e. The van der Waals surface area contributed by atoms with Crippen LogP contribution in [0.1, 0.15) is 19.7 Å². The molecule has 1 amide bonds. The first kappa shape index (κ1) is 15.1. The lowest BCUT2D eigenvalue weighted by Gasteiger charge is -2.19. The zero-order valence-corrected chi connectivity index (χ0v) is 11.4. The maximum atomic E-state index is 11.6. The number of nitrogens with one attached hydrogen (secondary N) is 2. The Bertz CT molecular complexity index is 444. The standard InChI is InChI=1S/C11H18N4O4/c1-6(2)9(10(17)18-4)12-5-8(16)13-11-15-14-7(3)19-11/h6,9,12H,5H2,1-4H3,(H,13,15,16). The largest absolute Gasteiger partial charge is 0.468 e. The molecule has 0 radical (unpaired) electrons. The lowest BCUT2D eigenvalue weighted by Crippen LogP contribution is -2.45. The van der Waals surface area contributed by atoms with Gasteiger partial charge < -0.3 is 9.15 Å². The van der Waals surface area contributed by atoms with E-state index < -0.39 is 12.0 Å². The molecule has 0 aliphatic carbocycles. The van der Waals surface area contributed by atoms with Crippen LogP contribution >= 0.6 is 0 Å². The number of anilines is 1. The van der Waals surface area contributed by atoms with E-state index in [-0.39, 0.29) is 24.4 Å². The van der Waals surface area contributed by atoms with Gasteiger partial charge in [0.2, 0.25) is 11.8 Å². The molecule has 106 valence electrons. The molecule has 0 aliphatic heterocycles. The van der Waals surface area contributed by atoms with Crippen molar-refractivity contribution in [2.45, 2.75) is 26.8 Å². The molecule has 0 saturated carbocycles. The lowest BCUT2D eigenvalue weighted by atomic mass is 10.0. The quantitative estimate of drug-likeness (QED) is 0.706. The third-order valence-corrected chi connectivity index (χ3v) is 2.38. The van der Waals surface area contributed by atoms with Crippen LogP contribution in [0.5, 0.6) is 0 Å². The number of hydrogen-bond donors (Lipinski definition) is 2. The van der Waals surface area contributed by atoms with Crippen LogP contribution in [0.15, 0.2) is 4.42 Å². The maximum Gasteiger partial charge on any atom is 0.323 e. The summed E-state index contributed by atoms with van der Waals surface area (Å²) in [6, 6.07) is -0.511. The van der Waals surface area contributed by atoms with Crippen molar-refractivity contribution in [1.82, 2.24) is 15.5 Å². The van der Waals surface area contributed by atoms with E-state index >= 15 is 0 Å². The highest BCUT2D eigenvalue weighted by Gasteiger charge is 2.23. The third-order valence-electron chi connectivity index (χ3n) is 2.38. The molecule has 1 heterocycles. The molecule has 0 aromatic carbocycles. The average Bonchev–Trinajstić information content (AvgIpc) is 2.74. The fourth-order valence-corrected chi connectivity index (χ4v) is 1.43. The van der Waals surface area contributed by atoms with Gasteiger partial charge in [0.25, 0.3) is 0 Å². The Labute approximate surface area is 110 Å². The molecule has 0 bridgehead atoms. The first-order valence-electron chi connectivity index (χ1n) is 5.85. The number of aryl methyl sites for hydroxylation is 1. The highest BCUT2D eigenvalue weighted by Crippen LogP contribution is 2.05. The van der Waals surface area contributed by atoms with Gasteiger partial charge >= 0.3 is 12.0 Å². The molecular weight excluding hydrogens is 252 g/mol. The van der Waals surface area contributed by atoms with E-state index in [2.05, 4.69) is 25.6 Å². The fraction of sp³-hybridized carbons (Fsp3) is 0.636. The Morgan fingerprint density at radius 2 is 2.05 bits per heavy atom. The van der Waals surface area contributed by atoms with Gasteiger partial charge in [-0.25, -0.2) is 0 Å². The van der Waals surface area contributed by atoms with Gasteiger partial charge in [0.05, 0.1) is 13.7 Å². The second-order valence-corrected chi connectivity index (χ2v) is 4.30. The molecule has 0 saturated heterocycles. The Kier molecular flexibility index (Phi) is 5.43. The first-order valence-corrected chi connectivity index (χ1v) is 5.85. The summed E-state index contributed by atoms with van der Waals surface area (Å²) in [5.74, 6) is -0.418. The molecular formula is C11H18N4O4. The molecule has 1 aromatic heterocycles. The summed E-state index contributed by atoms with van der Waals surface area (Å²) in [4.78, 5) is 23.1. The summed E-state index contributed by atoms with van der Waals surface area (Å²) >= 11 is 0. The Morgan fingerprint density at radius 3 is 2.53 bits per heavy atom. The number of nitrogens with zero attached hydrogens (tertiary/aromatic N) is 2. The monoisotopic (exact) mass is 270 g/mol. The van der Waals surface area contributed by atoms with E-state index in [1.54, 1.807) is 6.92 Å². The third kappa shape index (κ3) is 4.66. The van der Waals surface area contributed by atoms with Crippen molar-refractivity contribution in [2.24, 2.45) is 5.92 Å². The van der Waals surface area contributed by atoms with Crippen molar-refractivity contribution in [3.8, 4) is 0 Å². The van der Waals surface area contributed by atoms with Gasteiger partial charge in [-0.1, -0.05) is 18.9 Å². The molecule has 8 nitrogen and oxygen atoms in total. The summed E-state index contributed by atoms with van der Waals surface area (Å²) in [6.45, 7) is 5.27. The second-order valence-electron chi connectivity index (χ2n) is 4.30. The van der Waals surface area contributed by atoms with Crippen LogP contribution in [0.2, 0.25) is 0 Å². The number of carbonyl (C=O) groups is 2. The van der Waals surface area contributed by atoms with Crippen LogP contribution < -0.4 is 10.6 Å². The Balaban J connectivity index is 2.46. The van der Waals surface area contributed by atoms with E-state index in [0.29, 0.717) is 5.89 Å². The van der Waals surface area contributed by atoms with E-state index in [0.717, 1.165) is 0 Å². The van der Waals surface area contributed by atoms with E-state index in [4.69, 9.17) is 4.42 Å². The highest BCUT2D eigenvalue weighted by atomic mass is 16.5. The van der Waals surface area contributed by atoms with Gasteiger partial charge in [-0.2, -0.15) is 0 Å². The Hall–Kier alpha value is -1.96. The van der Waals surface area contributed by atoms with Gasteiger partial charge in [0.1, 0.15) is 6.04 Å². The van der Waals surface area contributed by atoms with Crippen LogP contribution in [0.25, 0.3) is 0 Å². The molecule has 1 aromatic rings. The first-order chi connectivity index (χ1) is 8.93. The van der Waals surface area contributed by atoms with Crippen molar-refractivity contribution in [3.63, 3.8) is 0 Å². The van der Waals surface area contributed by atoms with Crippen LogP contribution in [0.3, 0.4) is 0 Å². The van der Waals surface area contributed by atoms with Gasteiger partial charge in [-0.05, 0) is 5.92 Å². The lowest BCUT2D eigenvalue weighted by molar-refractivity contribution is -0.144. The van der Waals surface area contributed by atoms with Crippen molar-refractivity contribution in [3.05, 3.63) is 5.89 Å². The van der Waals surface area contributed by atoms with Crippen molar-refractivity contribution in [1.29, 1.82) is 0 Å². The summed E-state index contributed by atoms with van der Waals surface area (Å²) < 4.78 is 9.66. The molecule has 1 unspecified atom stereocenters. The summed E-state index contributed by atoms with van der Waals surface area (Å²) in [6.07, 6.45) is 0. The number of aromatic nitrogens is 2. The van der Waals surface area contributed by atoms with Crippen LogP contribution in [0, 0.1) is 12.8 Å². The number of methoxy groups -OCH3 is 1. The van der Waals surface area contributed by atoms with E-state index in [9.17, 15) is 9.59 Å². The number of ether oxygens (including phenoxy) is 1. The number of amides is 1. The van der Waals surface area contributed by atoms with Crippen molar-refractivity contribution < 1.29 is 18.7 Å². The van der Waals surface area contributed by atoms with Crippen LogP contribution in [0.4, 0.5) is 6.01 Å². The van der Waals surface area contributed by atoms with Crippen LogP contribution in [-0.2, 0) is 14.3 Å². The maximum absolute atomic E-state index is 11.6. The minimum Gasteiger partial charge on any atom is -0.468 e. The normalized spacial score (nSPS) is 12.3. The minimum atomic E-state index is -0.542. The topological polar surface area (TPSA) is 106 Å². The van der Waals surface area contributed by atoms with Crippen LogP contribution in [-0.4, -0.2) is 41.8 Å². The molecule has 2 N–H and O–H groups in total. The molecule has 0 aliphatic rings. The molecule has 19 heavy (non-hydrogen) atoms. The van der Waals surface area contributed by atoms with Gasteiger partial charge in [-0.15, -0.1) is 5.10 Å². The highest BCUT2D eigenvalue weighted by molar-refractivity contribution is 5.90. The number of rotatable bonds is 6. The fourth-order valence-electron chi connectivity index (χ4n) is 1.43. The predicted octanol–water partition coefficient (Wildman–Crippen LogP) is 0.104. The van der Waals surface area contributed by atoms with E-state index in [1.165, 1.54) is 7.11 Å². The average molecular weight is 270 g/mol. The minimum absolute atomic E-state index is 0.00546. The molecule has 0 spiro atoms. The molecule has 1 rings (SSSR count). The van der Waals surface area contributed by atoms with Crippen molar-refractivity contribution >= 4 is 17.9 Å². The predicted molar refractivity (Wildman–Crippen MR) is 66.3 cm³/mol. The molecule has 0 fully saturated rings. The SMILES string of the molecule is COC(=O)C(NCC(=O)Nc1nnc(C)o1)C(C)C. The summed E-state index contributed by atoms with van der Waals surface area (Å²) in [5.41, 5.74) is 0. The van der Waals surface area contributed by atoms with Gasteiger partial charge in [-0.3, -0.25) is 20.2 Å². The Morgan fingerprint density at radius 1 is 1.37 bits per heavy atom. The zero-order chi connectivity index (χ0) is 14.4. The number of carbonyl (C=O) groups excluding carboxylic acids is 2. The van der Waals surface area contributed by atoms with Gasteiger partial charge in [0.15, 0.2) is 0 Å². The number of esters is 1. The second kappa shape index (κ2) is 6.83. The van der Waals surface area contributed by atoms with Crippen molar-refractivity contribution in [2.75, 3.05) is 19.0 Å². The molecule has 8 heteroatoms. The summed E-state index contributed by atoms with van der Waals surface area (Å²) in [5, 5.41) is 12.5. The number of hydrogen-bond acceptors (Lipinski definition) is 7.